The van der Waals surface area contributed by atoms with E-state index in [9.17, 15) is 23.2 Å². The summed E-state index contributed by atoms with van der Waals surface area (Å²) in [5.74, 6) is 0.248. The molecule has 41 heavy (non-hydrogen) atoms. The van der Waals surface area contributed by atoms with Gasteiger partial charge in [-0.2, -0.15) is 18.4 Å². The number of oxazole rings is 1. The summed E-state index contributed by atoms with van der Waals surface area (Å²) in [7, 11) is 0. The number of hydrogen-bond donors (Lipinski definition) is 1. The Balaban J connectivity index is 1.21. The van der Waals surface area contributed by atoms with Crippen molar-refractivity contribution < 1.29 is 27.1 Å². The average molecular weight is 563 g/mol. The van der Waals surface area contributed by atoms with E-state index in [0.717, 1.165) is 11.6 Å². The highest BCUT2D eigenvalue weighted by molar-refractivity contribution is 5.94. The molecular weight excluding hydrogens is 533 g/mol. The maximum Gasteiger partial charge on any atom is 0.416 e. The molecule has 1 amide bonds. The van der Waals surface area contributed by atoms with Crippen LogP contribution in [0.1, 0.15) is 52.4 Å². The number of hydrogen-bond acceptors (Lipinski definition) is 6. The number of carbonyl (C=O) groups is 1. The number of ether oxygens (including phenoxy) is 1. The lowest BCUT2D eigenvalue weighted by atomic mass is 10.00. The van der Waals surface area contributed by atoms with Crippen LogP contribution in [0.15, 0.2) is 65.1 Å². The van der Waals surface area contributed by atoms with E-state index in [1.165, 1.54) is 12.1 Å². The van der Waals surface area contributed by atoms with Crippen LogP contribution in [-0.2, 0) is 17.5 Å². The topological polar surface area (TPSA) is 91.4 Å². The summed E-state index contributed by atoms with van der Waals surface area (Å²) in [4.78, 5) is 19.3. The molecule has 0 saturated carbocycles. The largest absolute Gasteiger partial charge is 0.436 e. The number of rotatable bonds is 7. The van der Waals surface area contributed by atoms with Crippen LogP contribution in [0.3, 0.4) is 0 Å². The number of benzene rings is 3. The van der Waals surface area contributed by atoms with E-state index in [2.05, 4.69) is 16.4 Å². The summed E-state index contributed by atoms with van der Waals surface area (Å²) in [6.07, 6.45) is -4.76. The molecule has 5 rings (SSSR count). The molecule has 1 atom stereocenters. The standard InChI is InChI=1S/C31H29F3N4O3/c1-19(2)25-13-20(15-35)14-27-28(25)41-30(37-27)22-9-7-21(8-10-22)29(39)36-16-24-18-38(11-12-40-24)17-23-5-3-4-6-26(23)31(32,33)34/h3-10,13-14,19,24H,11-12,16-18H2,1-2H3,(H,36,39). The third-order valence-corrected chi connectivity index (χ3v) is 7.09. The van der Waals surface area contributed by atoms with E-state index in [0.29, 0.717) is 53.4 Å². The van der Waals surface area contributed by atoms with Crippen molar-refractivity contribution in [2.45, 2.75) is 38.6 Å². The molecule has 1 saturated heterocycles. The Bertz CT molecular complexity index is 1590. The molecule has 2 heterocycles. The van der Waals surface area contributed by atoms with Crippen molar-refractivity contribution in [3.8, 4) is 17.5 Å². The quantitative estimate of drug-likeness (QED) is 0.291. The van der Waals surface area contributed by atoms with Crippen LogP contribution in [0.5, 0.6) is 0 Å². The van der Waals surface area contributed by atoms with Gasteiger partial charge in [0.05, 0.1) is 29.9 Å². The van der Waals surface area contributed by atoms with Crippen molar-refractivity contribution in [3.05, 3.63) is 88.5 Å². The Hall–Kier alpha value is -4.20. The van der Waals surface area contributed by atoms with Crippen LogP contribution in [0.4, 0.5) is 13.2 Å². The van der Waals surface area contributed by atoms with Crippen molar-refractivity contribution in [3.63, 3.8) is 0 Å². The summed E-state index contributed by atoms with van der Waals surface area (Å²) in [5.41, 5.74) is 3.38. The average Bonchev–Trinajstić information content (AvgIpc) is 3.39. The summed E-state index contributed by atoms with van der Waals surface area (Å²) >= 11 is 0. The number of fused-ring (bicyclic) bond motifs is 1. The minimum absolute atomic E-state index is 0.147. The van der Waals surface area contributed by atoms with Crippen LogP contribution in [0.25, 0.3) is 22.6 Å². The summed E-state index contributed by atoms with van der Waals surface area (Å²) in [5, 5.41) is 12.2. The molecule has 0 bridgehead atoms. The first-order valence-corrected chi connectivity index (χ1v) is 13.3. The molecule has 1 fully saturated rings. The number of amides is 1. The van der Waals surface area contributed by atoms with Gasteiger partial charge in [0, 0.05) is 42.9 Å². The molecule has 1 unspecified atom stereocenters. The molecule has 1 aliphatic rings. The van der Waals surface area contributed by atoms with E-state index >= 15 is 0 Å². The Morgan fingerprint density at radius 2 is 1.93 bits per heavy atom. The number of aromatic nitrogens is 1. The second kappa shape index (κ2) is 11.7. The maximum atomic E-state index is 13.4. The fourth-order valence-corrected chi connectivity index (χ4v) is 4.97. The van der Waals surface area contributed by atoms with E-state index in [4.69, 9.17) is 9.15 Å². The third-order valence-electron chi connectivity index (χ3n) is 7.09. The van der Waals surface area contributed by atoms with Crippen molar-refractivity contribution in [1.29, 1.82) is 5.26 Å². The van der Waals surface area contributed by atoms with Gasteiger partial charge in [-0.1, -0.05) is 32.0 Å². The highest BCUT2D eigenvalue weighted by Gasteiger charge is 2.33. The fraction of sp³-hybridized carbons (Fsp3) is 0.323. The molecule has 0 aliphatic carbocycles. The van der Waals surface area contributed by atoms with Gasteiger partial charge in [0.2, 0.25) is 5.89 Å². The number of nitriles is 1. The zero-order valence-electron chi connectivity index (χ0n) is 22.7. The SMILES string of the molecule is CC(C)c1cc(C#N)cc2nc(-c3ccc(C(=O)NCC4CN(Cc5ccccc5C(F)(F)F)CCO4)cc3)oc12. The molecule has 212 valence electrons. The highest BCUT2D eigenvalue weighted by atomic mass is 19.4. The second-order valence-corrected chi connectivity index (χ2v) is 10.4. The molecule has 1 N–H and O–H groups in total. The zero-order chi connectivity index (χ0) is 29.1. The lowest BCUT2D eigenvalue weighted by molar-refractivity contribution is -0.138. The first kappa shape index (κ1) is 28.3. The molecule has 0 radical (unpaired) electrons. The first-order chi connectivity index (χ1) is 19.6. The molecule has 7 nitrogen and oxygen atoms in total. The molecule has 10 heteroatoms. The monoisotopic (exact) mass is 562 g/mol. The molecule has 1 aromatic heterocycles. The minimum Gasteiger partial charge on any atom is -0.436 e. The van der Waals surface area contributed by atoms with Gasteiger partial charge in [0.1, 0.15) is 5.52 Å². The van der Waals surface area contributed by atoms with Crippen LogP contribution in [0, 0.1) is 11.3 Å². The number of nitrogens with one attached hydrogen (secondary N) is 1. The summed E-state index contributed by atoms with van der Waals surface area (Å²) < 4.78 is 52.0. The first-order valence-electron chi connectivity index (χ1n) is 13.3. The van der Waals surface area contributed by atoms with Gasteiger partial charge < -0.3 is 14.5 Å². The zero-order valence-corrected chi connectivity index (χ0v) is 22.7. The van der Waals surface area contributed by atoms with Crippen LogP contribution < -0.4 is 5.32 Å². The van der Waals surface area contributed by atoms with Crippen LogP contribution >= 0.6 is 0 Å². The lowest BCUT2D eigenvalue weighted by Crippen LogP contribution is -2.47. The maximum absolute atomic E-state index is 13.4. The predicted octanol–water partition coefficient (Wildman–Crippen LogP) is 6.14. The summed E-state index contributed by atoms with van der Waals surface area (Å²) in [6.45, 7) is 5.68. The normalized spacial score (nSPS) is 16.2. The highest BCUT2D eigenvalue weighted by Crippen LogP contribution is 2.33. The van der Waals surface area contributed by atoms with E-state index in [1.54, 1.807) is 36.4 Å². The molecular formula is C31H29F3N4O3. The van der Waals surface area contributed by atoms with Crippen LogP contribution in [-0.4, -0.2) is 48.1 Å². The minimum atomic E-state index is -4.41. The Labute approximate surface area is 235 Å². The van der Waals surface area contributed by atoms with Gasteiger partial charge in [-0.05, 0) is 53.9 Å². The van der Waals surface area contributed by atoms with Crippen molar-refractivity contribution in [2.24, 2.45) is 0 Å². The Kier molecular flexibility index (Phi) is 8.10. The van der Waals surface area contributed by atoms with Gasteiger partial charge in [-0.3, -0.25) is 9.69 Å². The van der Waals surface area contributed by atoms with Crippen LogP contribution in [0.2, 0.25) is 0 Å². The van der Waals surface area contributed by atoms with Gasteiger partial charge in [-0.15, -0.1) is 0 Å². The van der Waals surface area contributed by atoms with E-state index in [1.807, 2.05) is 24.8 Å². The number of nitrogens with zero attached hydrogens (tertiary/aromatic N) is 3. The number of carbonyl (C=O) groups excluding carboxylic acids is 1. The smallest absolute Gasteiger partial charge is 0.416 e. The van der Waals surface area contributed by atoms with Gasteiger partial charge in [-0.25, -0.2) is 4.98 Å². The number of alkyl halides is 3. The number of morpholine rings is 1. The van der Waals surface area contributed by atoms with E-state index in [-0.39, 0.29) is 36.6 Å². The van der Waals surface area contributed by atoms with Crippen molar-refractivity contribution in [2.75, 3.05) is 26.2 Å². The van der Waals surface area contributed by atoms with Crippen molar-refractivity contribution >= 4 is 17.0 Å². The third kappa shape index (κ3) is 6.42. The van der Waals surface area contributed by atoms with E-state index < -0.39 is 11.7 Å². The molecule has 0 spiro atoms. The molecule has 1 aliphatic heterocycles. The fourth-order valence-electron chi connectivity index (χ4n) is 4.97. The Morgan fingerprint density at radius 1 is 1.17 bits per heavy atom. The molecule has 3 aromatic carbocycles. The van der Waals surface area contributed by atoms with Gasteiger partial charge in [0.15, 0.2) is 5.58 Å². The lowest BCUT2D eigenvalue weighted by Gasteiger charge is -2.33. The Morgan fingerprint density at radius 3 is 2.63 bits per heavy atom. The van der Waals surface area contributed by atoms with Gasteiger partial charge in [0.25, 0.3) is 5.91 Å². The summed E-state index contributed by atoms with van der Waals surface area (Å²) in [6, 6.07) is 18.1. The number of halogens is 3. The predicted molar refractivity (Wildman–Crippen MR) is 147 cm³/mol. The molecule has 4 aromatic rings. The van der Waals surface area contributed by atoms with Crippen molar-refractivity contribution in [1.82, 2.24) is 15.2 Å². The van der Waals surface area contributed by atoms with Gasteiger partial charge >= 0.3 is 6.18 Å². The second-order valence-electron chi connectivity index (χ2n) is 10.4.